The third-order valence-corrected chi connectivity index (χ3v) is 6.25. The van der Waals surface area contributed by atoms with Gasteiger partial charge >= 0.3 is 7.54 Å². The van der Waals surface area contributed by atoms with Crippen molar-refractivity contribution < 1.29 is 27.0 Å². The van der Waals surface area contributed by atoms with Gasteiger partial charge in [-0.05, 0) is 71.4 Å². The summed E-state index contributed by atoms with van der Waals surface area (Å²) in [6.45, 7) is 0. The molecule has 2 nitrogen and oxygen atoms in total. The number of halogens is 6. The molecule has 0 fully saturated rings. The molecule has 0 aromatic heterocycles. The van der Waals surface area contributed by atoms with Crippen LogP contribution >= 0.6 is 31.9 Å². The van der Waals surface area contributed by atoms with Crippen LogP contribution in [0.5, 0.6) is 0 Å². The highest BCUT2D eigenvalue weighted by Crippen LogP contribution is 2.32. The zero-order chi connectivity index (χ0) is 26.8. The zero-order valence-corrected chi connectivity index (χ0v) is 23.8. The van der Waals surface area contributed by atoms with Crippen molar-refractivity contribution in [3.63, 3.8) is 0 Å². The van der Waals surface area contributed by atoms with Gasteiger partial charge in [0.2, 0.25) is 0 Å². The number of hydrogen-bond acceptors (Lipinski definition) is 1. The quantitative estimate of drug-likeness (QED) is 0.234. The average Bonchev–Trinajstić information content (AvgIpc) is 2.87. The Balaban J connectivity index is 0.000000947. The predicted molar refractivity (Wildman–Crippen MR) is 155 cm³/mol. The maximum Gasteiger partial charge on any atom is 0.762 e. The van der Waals surface area contributed by atoms with Gasteiger partial charge in [-0.1, -0.05) is 74.4 Å². The summed E-state index contributed by atoms with van der Waals surface area (Å²) in [4.78, 5) is 0. The summed E-state index contributed by atoms with van der Waals surface area (Å²) in [5.41, 5.74) is 5.62. The molecular formula is C29H24BBr2F4NO. The SMILES string of the molecule is C[N+](C)=C1C=CC(=CC=CC=C2C=C(c3ccc(Br)cc3)C=C(c3ccc(Br)cc3)O2)C=C1.FB(F)F.[F-]. The highest BCUT2D eigenvalue weighted by Gasteiger charge is 2.14. The molecule has 0 bridgehead atoms. The van der Waals surface area contributed by atoms with Gasteiger partial charge in [0.15, 0.2) is 5.71 Å². The van der Waals surface area contributed by atoms with Gasteiger partial charge in [0.05, 0.1) is 0 Å². The molecular weight excluding hydrogens is 625 g/mol. The summed E-state index contributed by atoms with van der Waals surface area (Å²) in [6, 6.07) is 16.5. The molecule has 4 rings (SSSR count). The maximum atomic E-state index is 9.67. The summed E-state index contributed by atoms with van der Waals surface area (Å²) >= 11 is 7.02. The van der Waals surface area contributed by atoms with Gasteiger partial charge in [0.1, 0.15) is 25.6 Å². The molecule has 0 unspecified atom stereocenters. The highest BCUT2D eigenvalue weighted by molar-refractivity contribution is 9.10. The predicted octanol–water partition coefficient (Wildman–Crippen LogP) is 5.76. The number of hydrogen-bond donors (Lipinski definition) is 0. The van der Waals surface area contributed by atoms with E-state index in [-0.39, 0.29) is 4.70 Å². The van der Waals surface area contributed by atoms with Crippen molar-refractivity contribution in [3.8, 4) is 0 Å². The molecule has 0 spiro atoms. The Morgan fingerprint density at radius 2 is 1.24 bits per heavy atom. The number of allylic oxidation sites excluding steroid dienone is 12. The van der Waals surface area contributed by atoms with E-state index in [0.29, 0.717) is 0 Å². The molecule has 1 aliphatic heterocycles. The fourth-order valence-corrected chi connectivity index (χ4v) is 3.90. The van der Waals surface area contributed by atoms with Gasteiger partial charge in [0.25, 0.3) is 0 Å². The fourth-order valence-electron chi connectivity index (χ4n) is 3.37. The van der Waals surface area contributed by atoms with Gasteiger partial charge in [-0.15, -0.1) is 0 Å². The van der Waals surface area contributed by atoms with E-state index in [2.05, 4.69) is 115 Å². The number of benzene rings is 2. The highest BCUT2D eigenvalue weighted by atomic mass is 79.9. The summed E-state index contributed by atoms with van der Waals surface area (Å²) in [7, 11) is 0.421. The second kappa shape index (κ2) is 15.3. The minimum atomic E-state index is -3.67. The van der Waals surface area contributed by atoms with Crippen LogP contribution in [0.2, 0.25) is 0 Å². The number of ether oxygens (including phenoxy) is 1. The van der Waals surface area contributed by atoms with Crippen molar-refractivity contribution in [2.75, 3.05) is 14.1 Å². The first-order valence-electron chi connectivity index (χ1n) is 11.3. The van der Waals surface area contributed by atoms with Gasteiger partial charge in [0, 0.05) is 26.7 Å². The molecule has 2 aromatic carbocycles. The molecule has 0 N–H and O–H groups in total. The van der Waals surface area contributed by atoms with Crippen LogP contribution in [0.15, 0.2) is 130 Å². The summed E-state index contributed by atoms with van der Waals surface area (Å²) in [5.74, 6) is 1.62. The molecule has 38 heavy (non-hydrogen) atoms. The van der Waals surface area contributed by atoms with Crippen molar-refractivity contribution in [2.24, 2.45) is 0 Å². The lowest BCUT2D eigenvalue weighted by Gasteiger charge is -2.18. The first-order valence-corrected chi connectivity index (χ1v) is 12.8. The summed E-state index contributed by atoms with van der Waals surface area (Å²) in [6.07, 6.45) is 20.7. The molecule has 0 amide bonds. The molecule has 2 aromatic rings. The first-order chi connectivity index (χ1) is 17.7. The lowest BCUT2D eigenvalue weighted by atomic mass is 10.0. The van der Waals surface area contributed by atoms with Crippen molar-refractivity contribution in [1.29, 1.82) is 0 Å². The van der Waals surface area contributed by atoms with E-state index < -0.39 is 7.54 Å². The monoisotopic (exact) mass is 647 g/mol. The first kappa shape index (κ1) is 31.1. The number of nitrogens with zero attached hydrogens (tertiary/aromatic N) is 1. The molecule has 9 heteroatoms. The summed E-state index contributed by atoms with van der Waals surface area (Å²) in [5, 5.41) is 0. The molecule has 0 radical (unpaired) electrons. The molecule has 0 atom stereocenters. The van der Waals surface area contributed by atoms with E-state index in [0.717, 1.165) is 42.7 Å². The lowest BCUT2D eigenvalue weighted by molar-refractivity contribution is -0.462. The standard InChI is InChI=1S/C29H24Br2NO.BF3.FH/c1-32(2)27-17-7-21(8-18-27)5-3-4-6-28-19-24(22-9-13-25(30)14-10-22)20-29(33-28)23-11-15-26(31)16-12-23;2-1(3)4;/h3-20H,1-2H3;;1H/q+1;;/p-1. The maximum absolute atomic E-state index is 9.67. The zero-order valence-electron chi connectivity index (χ0n) is 20.6. The Morgan fingerprint density at radius 3 is 1.76 bits per heavy atom. The van der Waals surface area contributed by atoms with Gasteiger partial charge in [-0.3, -0.25) is 12.9 Å². The Morgan fingerprint density at radius 1 is 0.737 bits per heavy atom. The fraction of sp³-hybridized carbons (Fsp3) is 0.0690. The second-order valence-electron chi connectivity index (χ2n) is 8.08. The van der Waals surface area contributed by atoms with Crippen LogP contribution in [-0.4, -0.2) is 31.9 Å². The minimum Gasteiger partial charge on any atom is -1.00 e. The van der Waals surface area contributed by atoms with Crippen LogP contribution in [0.25, 0.3) is 11.3 Å². The van der Waals surface area contributed by atoms with Crippen LogP contribution in [0.3, 0.4) is 0 Å². The van der Waals surface area contributed by atoms with Crippen LogP contribution < -0.4 is 4.70 Å². The van der Waals surface area contributed by atoms with E-state index >= 15 is 0 Å². The molecule has 196 valence electrons. The minimum absolute atomic E-state index is 0. The van der Waals surface area contributed by atoms with Crippen molar-refractivity contribution in [1.82, 2.24) is 0 Å². The van der Waals surface area contributed by atoms with Crippen molar-refractivity contribution in [2.45, 2.75) is 0 Å². The lowest BCUT2D eigenvalue weighted by Crippen LogP contribution is -3.00. The second-order valence-corrected chi connectivity index (χ2v) is 9.91. The molecule has 1 aliphatic carbocycles. The molecule has 0 saturated heterocycles. The Hall–Kier alpha value is -3.17. The molecule has 2 aliphatic rings. The van der Waals surface area contributed by atoms with Gasteiger partial charge < -0.3 is 9.44 Å². The third-order valence-electron chi connectivity index (χ3n) is 5.19. The van der Waals surface area contributed by atoms with E-state index in [1.807, 2.05) is 44.5 Å². The van der Waals surface area contributed by atoms with Crippen molar-refractivity contribution in [3.05, 3.63) is 141 Å². The Labute approximate surface area is 237 Å². The van der Waals surface area contributed by atoms with E-state index in [9.17, 15) is 12.9 Å². The van der Waals surface area contributed by atoms with Gasteiger partial charge in [-0.25, -0.2) is 4.58 Å². The Kier molecular flexibility index (Phi) is 12.5. The van der Waals surface area contributed by atoms with Crippen LogP contribution in [0, 0.1) is 0 Å². The topological polar surface area (TPSA) is 12.2 Å². The van der Waals surface area contributed by atoms with E-state index in [1.165, 1.54) is 5.71 Å². The number of rotatable bonds is 4. The third kappa shape index (κ3) is 9.95. The van der Waals surface area contributed by atoms with E-state index in [1.54, 1.807) is 0 Å². The van der Waals surface area contributed by atoms with Gasteiger partial charge in [-0.2, -0.15) is 0 Å². The smallest absolute Gasteiger partial charge is 0.762 e. The van der Waals surface area contributed by atoms with Crippen LogP contribution in [0.1, 0.15) is 11.1 Å². The normalized spacial score (nSPS) is 15.2. The van der Waals surface area contributed by atoms with Crippen molar-refractivity contribution >= 4 is 56.4 Å². The van der Waals surface area contributed by atoms with E-state index in [4.69, 9.17) is 4.74 Å². The molecule has 0 saturated carbocycles. The molecule has 1 heterocycles. The average molecular weight is 649 g/mol. The largest absolute Gasteiger partial charge is 1.00 e. The van der Waals surface area contributed by atoms with Crippen LogP contribution in [0.4, 0.5) is 12.9 Å². The van der Waals surface area contributed by atoms with Crippen LogP contribution in [-0.2, 0) is 4.74 Å². The summed E-state index contributed by atoms with van der Waals surface area (Å²) < 4.78 is 39.4. The Bertz CT molecular complexity index is 1330.